The van der Waals surface area contributed by atoms with E-state index in [9.17, 15) is 4.79 Å². The summed E-state index contributed by atoms with van der Waals surface area (Å²) in [6.07, 6.45) is 3.70. The molecular formula is C17H22N2O2. The number of amides is 1. The van der Waals surface area contributed by atoms with Crippen LogP contribution in [0, 0.1) is 0 Å². The van der Waals surface area contributed by atoms with Crippen molar-refractivity contribution in [2.24, 2.45) is 0 Å². The van der Waals surface area contributed by atoms with Gasteiger partial charge in [-0.2, -0.15) is 0 Å². The highest BCUT2D eigenvalue weighted by atomic mass is 16.3. The van der Waals surface area contributed by atoms with E-state index in [1.165, 1.54) is 12.5 Å². The van der Waals surface area contributed by atoms with Gasteiger partial charge in [-0.3, -0.25) is 4.79 Å². The second-order valence-corrected chi connectivity index (χ2v) is 5.28. The van der Waals surface area contributed by atoms with Gasteiger partial charge in [0.2, 0.25) is 5.91 Å². The molecule has 1 amide bonds. The molecule has 0 radical (unpaired) electrons. The van der Waals surface area contributed by atoms with E-state index >= 15 is 0 Å². The maximum Gasteiger partial charge on any atom is 0.221 e. The van der Waals surface area contributed by atoms with Crippen molar-refractivity contribution in [2.45, 2.75) is 39.3 Å². The molecule has 0 saturated carbocycles. The molecule has 0 saturated heterocycles. The maximum absolute atomic E-state index is 11.0. The van der Waals surface area contributed by atoms with Gasteiger partial charge in [0, 0.05) is 31.6 Å². The number of carbonyl (C=O) groups is 1. The van der Waals surface area contributed by atoms with Crippen LogP contribution in [0.1, 0.15) is 31.6 Å². The normalized spacial score (nSPS) is 12.1. The molecule has 2 aromatic rings. The molecule has 1 unspecified atom stereocenters. The first kappa shape index (κ1) is 15.3. The maximum atomic E-state index is 11.0. The zero-order valence-corrected chi connectivity index (χ0v) is 12.6. The number of hydrogen-bond donors (Lipinski definition) is 2. The van der Waals surface area contributed by atoms with Crippen molar-refractivity contribution < 1.29 is 9.21 Å². The molecule has 21 heavy (non-hydrogen) atoms. The molecule has 4 nitrogen and oxygen atoms in total. The number of furan rings is 1. The Bertz CT molecular complexity index is 547. The molecule has 1 aromatic heterocycles. The Kier molecular flexibility index (Phi) is 5.58. The SMILES string of the molecule is CC(=O)Nc1ccc(CNC(C)CCc2ccco2)cc1. The van der Waals surface area contributed by atoms with E-state index in [1.54, 1.807) is 6.26 Å². The molecule has 2 N–H and O–H groups in total. The second-order valence-electron chi connectivity index (χ2n) is 5.28. The average Bonchev–Trinajstić information content (AvgIpc) is 2.97. The van der Waals surface area contributed by atoms with E-state index in [-0.39, 0.29) is 5.91 Å². The number of aryl methyl sites for hydroxylation is 1. The van der Waals surface area contributed by atoms with Crippen molar-refractivity contribution in [3.05, 3.63) is 54.0 Å². The summed E-state index contributed by atoms with van der Waals surface area (Å²) in [5.74, 6) is 0.982. The van der Waals surface area contributed by atoms with Crippen LogP contribution in [-0.2, 0) is 17.8 Å². The molecule has 1 atom stereocenters. The smallest absolute Gasteiger partial charge is 0.221 e. The number of carbonyl (C=O) groups excluding carboxylic acids is 1. The molecular weight excluding hydrogens is 264 g/mol. The summed E-state index contributed by atoms with van der Waals surface area (Å²) in [6.45, 7) is 4.50. The molecule has 0 aliphatic heterocycles. The molecule has 0 aliphatic carbocycles. The summed E-state index contributed by atoms with van der Waals surface area (Å²) < 4.78 is 5.33. The first-order valence-electron chi connectivity index (χ1n) is 7.26. The van der Waals surface area contributed by atoms with Crippen molar-refractivity contribution in [1.82, 2.24) is 5.32 Å². The van der Waals surface area contributed by atoms with E-state index in [0.717, 1.165) is 30.8 Å². The van der Waals surface area contributed by atoms with E-state index in [2.05, 4.69) is 17.6 Å². The van der Waals surface area contributed by atoms with Crippen molar-refractivity contribution in [1.29, 1.82) is 0 Å². The van der Waals surface area contributed by atoms with E-state index in [0.29, 0.717) is 6.04 Å². The van der Waals surface area contributed by atoms with Crippen molar-refractivity contribution in [3.63, 3.8) is 0 Å². The third-order valence-electron chi connectivity index (χ3n) is 3.33. The standard InChI is InChI=1S/C17H22N2O2/c1-13(5-10-17-4-3-11-21-17)18-12-15-6-8-16(9-7-15)19-14(2)20/h3-4,6-9,11,13,18H,5,10,12H2,1-2H3,(H,19,20). The van der Waals surface area contributed by atoms with Crippen LogP contribution < -0.4 is 10.6 Å². The molecule has 4 heteroatoms. The Balaban J connectivity index is 1.73. The Labute approximate surface area is 125 Å². The number of nitrogens with one attached hydrogen (secondary N) is 2. The van der Waals surface area contributed by atoms with E-state index < -0.39 is 0 Å². The predicted molar refractivity (Wildman–Crippen MR) is 84.1 cm³/mol. The van der Waals surface area contributed by atoms with E-state index in [1.807, 2.05) is 36.4 Å². The third kappa shape index (κ3) is 5.44. The van der Waals surface area contributed by atoms with Crippen LogP contribution in [0.25, 0.3) is 0 Å². The largest absolute Gasteiger partial charge is 0.469 e. The van der Waals surface area contributed by atoms with Gasteiger partial charge in [-0.05, 0) is 43.2 Å². The van der Waals surface area contributed by atoms with Gasteiger partial charge in [0.15, 0.2) is 0 Å². The Morgan fingerprint density at radius 3 is 2.62 bits per heavy atom. The molecule has 0 spiro atoms. The Morgan fingerprint density at radius 2 is 2.00 bits per heavy atom. The van der Waals surface area contributed by atoms with Crippen LogP contribution in [0.5, 0.6) is 0 Å². The summed E-state index contributed by atoms with van der Waals surface area (Å²) in [6, 6.07) is 12.2. The van der Waals surface area contributed by atoms with Crippen molar-refractivity contribution in [3.8, 4) is 0 Å². The van der Waals surface area contributed by atoms with Gasteiger partial charge in [-0.1, -0.05) is 12.1 Å². The van der Waals surface area contributed by atoms with Gasteiger partial charge in [-0.15, -0.1) is 0 Å². The minimum Gasteiger partial charge on any atom is -0.469 e. The lowest BCUT2D eigenvalue weighted by Crippen LogP contribution is -2.25. The van der Waals surface area contributed by atoms with Crippen molar-refractivity contribution >= 4 is 11.6 Å². The second kappa shape index (κ2) is 7.64. The zero-order chi connectivity index (χ0) is 15.1. The van der Waals surface area contributed by atoms with Crippen molar-refractivity contribution in [2.75, 3.05) is 5.32 Å². The van der Waals surface area contributed by atoms with E-state index in [4.69, 9.17) is 4.42 Å². The van der Waals surface area contributed by atoms with Gasteiger partial charge in [0.1, 0.15) is 5.76 Å². The monoisotopic (exact) mass is 286 g/mol. The van der Waals surface area contributed by atoms with Gasteiger partial charge < -0.3 is 15.1 Å². The third-order valence-corrected chi connectivity index (χ3v) is 3.33. The minimum atomic E-state index is -0.0487. The fourth-order valence-corrected chi connectivity index (χ4v) is 2.12. The lowest BCUT2D eigenvalue weighted by molar-refractivity contribution is -0.114. The highest BCUT2D eigenvalue weighted by Crippen LogP contribution is 2.10. The zero-order valence-electron chi connectivity index (χ0n) is 12.6. The number of benzene rings is 1. The van der Waals surface area contributed by atoms with Crippen LogP contribution in [-0.4, -0.2) is 11.9 Å². The highest BCUT2D eigenvalue weighted by Gasteiger charge is 2.04. The molecule has 0 aliphatic rings. The highest BCUT2D eigenvalue weighted by molar-refractivity contribution is 5.88. The topological polar surface area (TPSA) is 54.3 Å². The quantitative estimate of drug-likeness (QED) is 0.820. The first-order chi connectivity index (χ1) is 10.1. The fraction of sp³-hybridized carbons (Fsp3) is 0.353. The number of hydrogen-bond acceptors (Lipinski definition) is 3. The van der Waals surface area contributed by atoms with Crippen LogP contribution in [0.2, 0.25) is 0 Å². The van der Waals surface area contributed by atoms with Crippen LogP contribution in [0.15, 0.2) is 47.1 Å². The fourth-order valence-electron chi connectivity index (χ4n) is 2.12. The summed E-state index contributed by atoms with van der Waals surface area (Å²) in [4.78, 5) is 11.0. The van der Waals surface area contributed by atoms with Gasteiger partial charge >= 0.3 is 0 Å². The number of rotatable bonds is 7. The molecule has 0 bridgehead atoms. The summed E-state index contributed by atoms with van der Waals surface area (Å²) in [5.41, 5.74) is 2.03. The summed E-state index contributed by atoms with van der Waals surface area (Å²) in [5, 5.41) is 6.26. The number of anilines is 1. The summed E-state index contributed by atoms with van der Waals surface area (Å²) in [7, 11) is 0. The molecule has 2 rings (SSSR count). The summed E-state index contributed by atoms with van der Waals surface area (Å²) >= 11 is 0. The Morgan fingerprint density at radius 1 is 1.24 bits per heavy atom. The molecule has 112 valence electrons. The lowest BCUT2D eigenvalue weighted by atomic mass is 10.1. The predicted octanol–water partition coefficient (Wildman–Crippen LogP) is 3.35. The first-order valence-corrected chi connectivity index (χ1v) is 7.26. The van der Waals surface area contributed by atoms with Crippen LogP contribution in [0.4, 0.5) is 5.69 Å². The van der Waals surface area contributed by atoms with Crippen LogP contribution >= 0.6 is 0 Å². The Hall–Kier alpha value is -2.07. The lowest BCUT2D eigenvalue weighted by Gasteiger charge is -2.13. The van der Waals surface area contributed by atoms with Gasteiger partial charge in [0.05, 0.1) is 6.26 Å². The molecule has 1 heterocycles. The molecule has 0 fully saturated rings. The van der Waals surface area contributed by atoms with Gasteiger partial charge in [0.25, 0.3) is 0 Å². The van der Waals surface area contributed by atoms with Crippen LogP contribution in [0.3, 0.4) is 0 Å². The average molecular weight is 286 g/mol. The minimum absolute atomic E-state index is 0.0487. The molecule has 1 aromatic carbocycles. The van der Waals surface area contributed by atoms with Gasteiger partial charge in [-0.25, -0.2) is 0 Å².